The number of allylic oxidation sites excluding steroid dienone is 1. The number of fused-ring (bicyclic) bond motifs is 1. The van der Waals surface area contributed by atoms with Gasteiger partial charge < -0.3 is 14.6 Å². The maximum atomic E-state index is 13.4. The summed E-state index contributed by atoms with van der Waals surface area (Å²) in [7, 11) is 1.38. The molecule has 8 nitrogen and oxygen atoms in total. The molecule has 0 spiro atoms. The minimum absolute atomic E-state index is 0.0474. The fourth-order valence-electron chi connectivity index (χ4n) is 3.95. The fraction of sp³-hybridized carbons (Fsp3) is 0.172. The summed E-state index contributed by atoms with van der Waals surface area (Å²) in [5.41, 5.74) is -0.137. The Morgan fingerprint density at radius 3 is 2.60 bits per heavy atom. The number of hydrogen-bond acceptors (Lipinski definition) is 6. The van der Waals surface area contributed by atoms with E-state index in [2.05, 4.69) is 16.7 Å². The number of ether oxygens (including phenoxy) is 2. The van der Waals surface area contributed by atoms with E-state index in [1.54, 1.807) is 36.4 Å². The van der Waals surface area contributed by atoms with Crippen LogP contribution in [-0.2, 0) is 17.4 Å². The first kappa shape index (κ1) is 28.1. The number of para-hydroxylation sites is 1. The summed E-state index contributed by atoms with van der Waals surface area (Å²) in [6, 6.07) is 14.1. The minimum Gasteiger partial charge on any atom is -0.493 e. The van der Waals surface area contributed by atoms with E-state index >= 15 is 0 Å². The highest BCUT2D eigenvalue weighted by molar-refractivity contribution is 5.83. The summed E-state index contributed by atoms with van der Waals surface area (Å²) in [6.45, 7) is 5.10. The Balaban J connectivity index is 1.88. The monoisotopic (exact) mass is 551 g/mol. The zero-order valence-electron chi connectivity index (χ0n) is 21.5. The molecule has 0 unspecified atom stereocenters. The lowest BCUT2D eigenvalue weighted by atomic mass is 10.1. The largest absolute Gasteiger partial charge is 0.493 e. The van der Waals surface area contributed by atoms with Gasteiger partial charge in [0.2, 0.25) is 0 Å². The van der Waals surface area contributed by atoms with Gasteiger partial charge in [0.1, 0.15) is 0 Å². The van der Waals surface area contributed by atoms with Crippen molar-refractivity contribution in [3.8, 4) is 22.9 Å². The number of methoxy groups -OCH3 is 1. The van der Waals surface area contributed by atoms with Crippen LogP contribution in [0.4, 0.5) is 13.2 Å². The van der Waals surface area contributed by atoms with Crippen molar-refractivity contribution in [3.05, 3.63) is 100 Å². The molecule has 0 amide bonds. The zero-order valence-corrected chi connectivity index (χ0v) is 21.5. The number of halogens is 3. The molecule has 11 heteroatoms. The van der Waals surface area contributed by atoms with E-state index in [4.69, 9.17) is 9.47 Å². The van der Waals surface area contributed by atoms with Crippen LogP contribution in [0.25, 0.3) is 22.3 Å². The first-order valence-electron chi connectivity index (χ1n) is 12.0. The molecule has 0 aliphatic heterocycles. The van der Waals surface area contributed by atoms with E-state index in [9.17, 15) is 27.9 Å². The predicted octanol–water partition coefficient (Wildman–Crippen LogP) is 5.55. The quantitative estimate of drug-likeness (QED) is 0.216. The highest BCUT2D eigenvalue weighted by atomic mass is 19.4. The average molecular weight is 552 g/mol. The molecule has 1 heterocycles. The number of rotatable bonds is 9. The molecule has 1 N–H and O–H groups in total. The van der Waals surface area contributed by atoms with Gasteiger partial charge in [0, 0.05) is 11.1 Å². The maximum absolute atomic E-state index is 13.4. The van der Waals surface area contributed by atoms with Crippen LogP contribution in [0.3, 0.4) is 0 Å². The number of carboxylic acids is 1. The van der Waals surface area contributed by atoms with Crippen molar-refractivity contribution in [2.75, 3.05) is 7.11 Å². The molecular formula is C29H24F3N3O5. The van der Waals surface area contributed by atoms with Crippen LogP contribution < -0.4 is 15.0 Å². The van der Waals surface area contributed by atoms with Crippen molar-refractivity contribution in [1.82, 2.24) is 9.66 Å². The Kier molecular flexibility index (Phi) is 8.03. The van der Waals surface area contributed by atoms with E-state index in [1.807, 2.05) is 0 Å². The lowest BCUT2D eigenvalue weighted by Gasteiger charge is -2.18. The van der Waals surface area contributed by atoms with Gasteiger partial charge in [0.15, 0.2) is 23.4 Å². The molecule has 4 rings (SSSR count). The lowest BCUT2D eigenvalue weighted by Crippen LogP contribution is -2.23. The Labute approximate surface area is 226 Å². The van der Waals surface area contributed by atoms with Crippen LogP contribution in [0.5, 0.6) is 11.5 Å². The van der Waals surface area contributed by atoms with Crippen LogP contribution in [-0.4, -0.2) is 40.2 Å². The third-order valence-corrected chi connectivity index (χ3v) is 5.90. The normalized spacial score (nSPS) is 12.4. The van der Waals surface area contributed by atoms with Crippen LogP contribution in [0, 0.1) is 0 Å². The third kappa shape index (κ3) is 5.88. The molecule has 0 bridgehead atoms. The van der Waals surface area contributed by atoms with E-state index in [1.165, 1.54) is 38.4 Å². The van der Waals surface area contributed by atoms with E-state index in [-0.39, 0.29) is 28.3 Å². The number of nitrogens with zero attached hydrogens (tertiary/aromatic N) is 3. The Hall–Kier alpha value is -4.93. The van der Waals surface area contributed by atoms with Gasteiger partial charge >= 0.3 is 12.1 Å². The summed E-state index contributed by atoms with van der Waals surface area (Å²) < 4.78 is 52.3. The van der Waals surface area contributed by atoms with E-state index < -0.39 is 29.4 Å². The summed E-state index contributed by atoms with van der Waals surface area (Å²) in [5, 5.41) is 13.8. The molecule has 1 aromatic heterocycles. The van der Waals surface area contributed by atoms with Gasteiger partial charge in [-0.25, -0.2) is 9.78 Å². The number of hydrogen-bond donors (Lipinski definition) is 1. The zero-order chi connectivity index (χ0) is 29.0. The Morgan fingerprint density at radius 1 is 1.18 bits per heavy atom. The van der Waals surface area contributed by atoms with Crippen molar-refractivity contribution < 1.29 is 32.5 Å². The molecule has 4 aromatic rings. The predicted molar refractivity (Wildman–Crippen MR) is 144 cm³/mol. The number of carbonyl (C=O) groups is 1. The summed E-state index contributed by atoms with van der Waals surface area (Å²) in [4.78, 5) is 29.2. The second kappa shape index (κ2) is 11.4. The summed E-state index contributed by atoms with van der Waals surface area (Å²) in [5.74, 6) is -0.818. The summed E-state index contributed by atoms with van der Waals surface area (Å²) in [6.07, 6.45) is -2.53. The molecule has 0 aliphatic rings. The first-order chi connectivity index (χ1) is 19.0. The lowest BCUT2D eigenvalue weighted by molar-refractivity contribution is -0.144. The summed E-state index contributed by atoms with van der Waals surface area (Å²) >= 11 is 0. The van der Waals surface area contributed by atoms with Gasteiger partial charge in [0.25, 0.3) is 5.56 Å². The van der Waals surface area contributed by atoms with Gasteiger partial charge in [-0.1, -0.05) is 30.3 Å². The molecule has 0 fully saturated rings. The second-order valence-electron chi connectivity index (χ2n) is 8.70. The molecule has 3 aromatic carbocycles. The van der Waals surface area contributed by atoms with Crippen molar-refractivity contribution in [1.29, 1.82) is 0 Å². The van der Waals surface area contributed by atoms with Crippen molar-refractivity contribution in [2.24, 2.45) is 5.10 Å². The van der Waals surface area contributed by atoms with Crippen molar-refractivity contribution >= 4 is 23.1 Å². The third-order valence-electron chi connectivity index (χ3n) is 5.90. The molecular weight excluding hydrogens is 527 g/mol. The number of carboxylic acid groups (broad SMARTS) is 1. The topological polar surface area (TPSA) is 103 Å². The number of alkyl halides is 3. The fourth-order valence-corrected chi connectivity index (χ4v) is 3.95. The molecule has 0 radical (unpaired) electrons. The van der Waals surface area contributed by atoms with Gasteiger partial charge in [-0.2, -0.15) is 22.9 Å². The molecule has 0 saturated heterocycles. The van der Waals surface area contributed by atoms with Crippen LogP contribution in [0.1, 0.15) is 23.6 Å². The molecule has 1 atom stereocenters. The average Bonchev–Trinajstić information content (AvgIpc) is 2.93. The van der Waals surface area contributed by atoms with Crippen molar-refractivity contribution in [2.45, 2.75) is 25.6 Å². The SMILES string of the molecule is C=CCc1cc(C=Nn2c(-c3cccc(C(F)(F)F)c3)nc3ccccc3c2=O)cc(OC)c1O[C@H](C)C(=O)O. The number of aromatic nitrogens is 2. The smallest absolute Gasteiger partial charge is 0.416 e. The Bertz CT molecular complexity index is 1680. The molecule has 0 saturated carbocycles. The second-order valence-corrected chi connectivity index (χ2v) is 8.70. The molecule has 206 valence electrons. The molecule has 40 heavy (non-hydrogen) atoms. The van der Waals surface area contributed by atoms with Crippen LogP contribution in [0.2, 0.25) is 0 Å². The highest BCUT2D eigenvalue weighted by Crippen LogP contribution is 2.35. The van der Waals surface area contributed by atoms with E-state index in [0.717, 1.165) is 16.8 Å². The standard InChI is InChI=1S/C29H24F3N3O5/c1-4-8-19-13-18(14-24(39-3)25(19)40-17(2)28(37)38)16-33-35-26(20-9-7-10-21(15-20)29(30,31)32)34-23-12-6-5-11-22(23)27(35)36/h4-7,9-17H,1,8H2,2-3H3,(H,37,38)/t17-/m1/s1. The van der Waals surface area contributed by atoms with Gasteiger partial charge in [0.05, 0.1) is 29.8 Å². The maximum Gasteiger partial charge on any atom is 0.416 e. The van der Waals surface area contributed by atoms with Crippen molar-refractivity contribution in [3.63, 3.8) is 0 Å². The number of aliphatic carboxylic acids is 1. The Morgan fingerprint density at radius 2 is 1.93 bits per heavy atom. The van der Waals surface area contributed by atoms with Crippen LogP contribution in [0.15, 0.2) is 83.2 Å². The van der Waals surface area contributed by atoms with Gasteiger partial charge in [-0.3, -0.25) is 4.79 Å². The highest BCUT2D eigenvalue weighted by Gasteiger charge is 2.31. The minimum atomic E-state index is -4.60. The van der Waals surface area contributed by atoms with Crippen LogP contribution >= 0.6 is 0 Å². The van der Waals surface area contributed by atoms with Gasteiger partial charge in [-0.15, -0.1) is 6.58 Å². The number of benzene rings is 3. The first-order valence-corrected chi connectivity index (χ1v) is 12.0. The van der Waals surface area contributed by atoms with Gasteiger partial charge in [-0.05, 0) is 55.3 Å². The molecule has 0 aliphatic carbocycles. The van der Waals surface area contributed by atoms with E-state index in [0.29, 0.717) is 23.1 Å².